The maximum atomic E-state index is 4.85. The normalized spacial score (nSPS) is 15.4. The summed E-state index contributed by atoms with van der Waals surface area (Å²) in [4.78, 5) is 12.7. The van der Waals surface area contributed by atoms with Gasteiger partial charge in [0.2, 0.25) is 0 Å². The van der Waals surface area contributed by atoms with E-state index in [4.69, 9.17) is 5.10 Å². The highest BCUT2D eigenvalue weighted by atomic mass is 15.3. The van der Waals surface area contributed by atoms with E-state index in [1.54, 1.807) is 0 Å². The minimum Gasteiger partial charge on any atom is -0.361 e. The Kier molecular flexibility index (Phi) is 5.05. The standard InChI is InChI=1S/C26H27N7/c1-31-11-13-32(14-12-31)18-19-3-2-4-22(15-19)29-25-7-8-26-28-17-24(33(26)30-25)21-5-6-23-20(16-21)9-10-27-23/h2-10,15-17,27H,11-14,18H2,1H3,(H,29,30). The SMILES string of the molecule is CN1CCN(Cc2cccc(Nc3ccc4ncc(-c5ccc6[nH]ccc6c5)n4n3)c2)CC1. The monoisotopic (exact) mass is 437 g/mol. The molecule has 1 fully saturated rings. The Bertz CT molecular complexity index is 1410. The van der Waals surface area contributed by atoms with Gasteiger partial charge in [0.25, 0.3) is 0 Å². The van der Waals surface area contributed by atoms with Crippen molar-refractivity contribution >= 4 is 28.1 Å². The largest absolute Gasteiger partial charge is 0.361 e. The van der Waals surface area contributed by atoms with E-state index in [0.717, 1.165) is 66.7 Å². The number of rotatable bonds is 5. The van der Waals surface area contributed by atoms with Gasteiger partial charge in [-0.3, -0.25) is 4.90 Å². The lowest BCUT2D eigenvalue weighted by molar-refractivity contribution is 0.148. The van der Waals surface area contributed by atoms with Gasteiger partial charge in [0.05, 0.1) is 11.9 Å². The zero-order chi connectivity index (χ0) is 22.2. The molecule has 166 valence electrons. The van der Waals surface area contributed by atoms with Crippen LogP contribution in [0, 0.1) is 0 Å². The maximum absolute atomic E-state index is 4.85. The lowest BCUT2D eigenvalue weighted by Gasteiger charge is -2.32. The van der Waals surface area contributed by atoms with Crippen LogP contribution in [0.4, 0.5) is 11.5 Å². The number of aromatic amines is 1. The molecule has 0 bridgehead atoms. The van der Waals surface area contributed by atoms with E-state index < -0.39 is 0 Å². The average molecular weight is 438 g/mol. The summed E-state index contributed by atoms with van der Waals surface area (Å²) in [5.41, 5.74) is 6.37. The summed E-state index contributed by atoms with van der Waals surface area (Å²) in [6.07, 6.45) is 3.84. The van der Waals surface area contributed by atoms with Gasteiger partial charge >= 0.3 is 0 Å². The molecule has 6 rings (SSSR count). The van der Waals surface area contributed by atoms with Crippen LogP contribution in [-0.4, -0.2) is 62.6 Å². The highest BCUT2D eigenvalue weighted by molar-refractivity contribution is 5.84. The zero-order valence-electron chi connectivity index (χ0n) is 18.7. The molecule has 2 aromatic carbocycles. The van der Waals surface area contributed by atoms with Gasteiger partial charge in [-0.15, -0.1) is 5.10 Å². The third-order valence-corrected chi connectivity index (χ3v) is 6.41. The number of likely N-dealkylation sites (N-methyl/N-ethyl adjacent to an activating group) is 1. The molecule has 3 aromatic heterocycles. The second-order valence-electron chi connectivity index (χ2n) is 8.82. The topological polar surface area (TPSA) is 64.5 Å². The zero-order valence-corrected chi connectivity index (χ0v) is 18.7. The summed E-state index contributed by atoms with van der Waals surface area (Å²) in [5.74, 6) is 0.793. The predicted molar refractivity (Wildman–Crippen MR) is 133 cm³/mol. The van der Waals surface area contributed by atoms with Crippen LogP contribution < -0.4 is 5.32 Å². The molecule has 0 unspecified atom stereocenters. The van der Waals surface area contributed by atoms with Crippen LogP contribution in [0.5, 0.6) is 0 Å². The van der Waals surface area contributed by atoms with Crippen molar-refractivity contribution in [1.82, 2.24) is 29.4 Å². The fraction of sp³-hybridized carbons (Fsp3) is 0.231. The third-order valence-electron chi connectivity index (χ3n) is 6.41. The number of hydrogen-bond donors (Lipinski definition) is 2. The summed E-state index contributed by atoms with van der Waals surface area (Å²) < 4.78 is 1.91. The first kappa shape index (κ1) is 20.0. The summed E-state index contributed by atoms with van der Waals surface area (Å²) in [6.45, 7) is 5.47. The fourth-order valence-electron chi connectivity index (χ4n) is 4.51. The molecule has 0 spiro atoms. The lowest BCUT2D eigenvalue weighted by atomic mass is 10.1. The first-order chi connectivity index (χ1) is 16.2. The number of aromatic nitrogens is 4. The van der Waals surface area contributed by atoms with Crippen molar-refractivity contribution in [3.05, 3.63) is 78.6 Å². The van der Waals surface area contributed by atoms with Crippen molar-refractivity contribution in [2.45, 2.75) is 6.54 Å². The van der Waals surface area contributed by atoms with Crippen molar-refractivity contribution in [3.8, 4) is 11.3 Å². The molecule has 0 aliphatic carbocycles. The number of fused-ring (bicyclic) bond motifs is 2. The number of H-pyrrole nitrogens is 1. The molecule has 1 saturated heterocycles. The second-order valence-corrected chi connectivity index (χ2v) is 8.82. The van der Waals surface area contributed by atoms with Crippen LogP contribution in [0.1, 0.15) is 5.56 Å². The molecule has 0 radical (unpaired) electrons. The van der Waals surface area contributed by atoms with Crippen LogP contribution in [0.15, 0.2) is 73.1 Å². The molecule has 1 aliphatic heterocycles. The Morgan fingerprint density at radius 3 is 2.79 bits per heavy atom. The number of piperazine rings is 1. The molecule has 0 atom stereocenters. The van der Waals surface area contributed by atoms with E-state index >= 15 is 0 Å². The summed E-state index contributed by atoms with van der Waals surface area (Å²) in [5, 5.41) is 9.51. The predicted octanol–water partition coefficient (Wildman–Crippen LogP) is 4.37. The van der Waals surface area contributed by atoms with Gasteiger partial charge in [-0.2, -0.15) is 0 Å². The van der Waals surface area contributed by atoms with E-state index in [-0.39, 0.29) is 0 Å². The van der Waals surface area contributed by atoms with Gasteiger partial charge in [-0.25, -0.2) is 9.50 Å². The molecule has 7 nitrogen and oxygen atoms in total. The van der Waals surface area contributed by atoms with Crippen LogP contribution in [0.3, 0.4) is 0 Å². The van der Waals surface area contributed by atoms with Gasteiger partial charge in [-0.05, 0) is 55.1 Å². The molecule has 7 heteroatoms. The van der Waals surface area contributed by atoms with Gasteiger partial charge in [-0.1, -0.05) is 18.2 Å². The molecule has 0 amide bonds. The Labute approximate surface area is 192 Å². The van der Waals surface area contributed by atoms with Crippen LogP contribution in [0.25, 0.3) is 27.8 Å². The Balaban J connectivity index is 1.25. The number of nitrogens with zero attached hydrogens (tertiary/aromatic N) is 5. The molecule has 0 saturated carbocycles. The Morgan fingerprint density at radius 1 is 0.970 bits per heavy atom. The van der Waals surface area contributed by atoms with E-state index in [2.05, 4.69) is 80.7 Å². The Morgan fingerprint density at radius 2 is 1.88 bits per heavy atom. The van der Waals surface area contributed by atoms with Crippen molar-refractivity contribution in [1.29, 1.82) is 0 Å². The molecular formula is C26H27N7. The van der Waals surface area contributed by atoms with Crippen molar-refractivity contribution in [2.75, 3.05) is 38.5 Å². The molecule has 4 heterocycles. The number of nitrogens with one attached hydrogen (secondary N) is 2. The first-order valence-corrected chi connectivity index (χ1v) is 11.4. The van der Waals surface area contributed by atoms with Gasteiger partial charge in [0.15, 0.2) is 11.5 Å². The van der Waals surface area contributed by atoms with E-state index in [1.165, 1.54) is 10.9 Å². The fourth-order valence-corrected chi connectivity index (χ4v) is 4.51. The average Bonchev–Trinajstić information content (AvgIpc) is 3.47. The first-order valence-electron chi connectivity index (χ1n) is 11.4. The number of imidazole rings is 1. The van der Waals surface area contributed by atoms with Gasteiger partial charge in [0, 0.05) is 61.1 Å². The second kappa shape index (κ2) is 8.35. The number of benzene rings is 2. The molecule has 33 heavy (non-hydrogen) atoms. The minimum absolute atomic E-state index is 0.793. The van der Waals surface area contributed by atoms with E-state index in [1.807, 2.05) is 29.0 Å². The molecule has 5 aromatic rings. The molecule has 1 aliphatic rings. The number of anilines is 2. The van der Waals surface area contributed by atoms with Crippen LogP contribution in [-0.2, 0) is 6.54 Å². The molecular weight excluding hydrogens is 410 g/mol. The van der Waals surface area contributed by atoms with Crippen molar-refractivity contribution in [3.63, 3.8) is 0 Å². The summed E-state index contributed by atoms with van der Waals surface area (Å²) in [6, 6.07) is 21.1. The molecule has 2 N–H and O–H groups in total. The van der Waals surface area contributed by atoms with Crippen LogP contribution in [0.2, 0.25) is 0 Å². The van der Waals surface area contributed by atoms with Crippen LogP contribution >= 0.6 is 0 Å². The highest BCUT2D eigenvalue weighted by Gasteiger charge is 2.14. The Hall–Kier alpha value is -3.68. The van der Waals surface area contributed by atoms with Crippen molar-refractivity contribution in [2.24, 2.45) is 0 Å². The highest BCUT2D eigenvalue weighted by Crippen LogP contribution is 2.25. The summed E-state index contributed by atoms with van der Waals surface area (Å²) in [7, 11) is 2.19. The van der Waals surface area contributed by atoms with E-state index in [9.17, 15) is 0 Å². The quantitative estimate of drug-likeness (QED) is 0.428. The lowest BCUT2D eigenvalue weighted by Crippen LogP contribution is -2.43. The van der Waals surface area contributed by atoms with Gasteiger partial charge in [0.1, 0.15) is 0 Å². The number of hydrogen-bond acceptors (Lipinski definition) is 5. The third kappa shape index (κ3) is 4.08. The maximum Gasteiger partial charge on any atom is 0.154 e. The summed E-state index contributed by atoms with van der Waals surface area (Å²) >= 11 is 0. The van der Waals surface area contributed by atoms with Gasteiger partial charge < -0.3 is 15.2 Å². The van der Waals surface area contributed by atoms with Crippen molar-refractivity contribution < 1.29 is 0 Å². The minimum atomic E-state index is 0.793. The van der Waals surface area contributed by atoms with E-state index in [0.29, 0.717) is 0 Å². The smallest absolute Gasteiger partial charge is 0.154 e.